The molecule has 0 aromatic heterocycles. The first-order chi connectivity index (χ1) is 7.27. The van der Waals surface area contributed by atoms with Gasteiger partial charge in [0.05, 0.1) is 6.10 Å². The first-order valence-electron chi connectivity index (χ1n) is 5.75. The highest BCUT2D eigenvalue weighted by Crippen LogP contribution is 2.18. The van der Waals surface area contributed by atoms with E-state index in [4.69, 9.17) is 9.47 Å². The van der Waals surface area contributed by atoms with Crippen molar-refractivity contribution in [1.82, 2.24) is 5.32 Å². The largest absolute Gasteiger partial charge is 0.392 e. The molecule has 0 radical (unpaired) electrons. The van der Waals surface area contributed by atoms with Crippen molar-refractivity contribution < 1.29 is 14.6 Å². The second-order valence-corrected chi connectivity index (χ2v) is 4.10. The van der Waals surface area contributed by atoms with E-state index in [0.717, 1.165) is 38.6 Å². The van der Waals surface area contributed by atoms with Crippen molar-refractivity contribution in [3.05, 3.63) is 0 Å². The third kappa shape index (κ3) is 4.47. The van der Waals surface area contributed by atoms with Gasteiger partial charge in [-0.1, -0.05) is 0 Å². The van der Waals surface area contributed by atoms with E-state index in [9.17, 15) is 5.11 Å². The van der Waals surface area contributed by atoms with Crippen molar-refractivity contribution in [2.24, 2.45) is 0 Å². The van der Waals surface area contributed by atoms with Crippen molar-refractivity contribution >= 4 is 0 Å². The molecule has 0 aromatic rings. The Morgan fingerprint density at radius 2 is 2.07 bits per heavy atom. The molecule has 0 bridgehead atoms. The van der Waals surface area contributed by atoms with Gasteiger partial charge >= 0.3 is 0 Å². The van der Waals surface area contributed by atoms with Gasteiger partial charge in [-0.15, -0.1) is 0 Å². The molecule has 0 amide bonds. The number of hydrogen-bond acceptors (Lipinski definition) is 4. The highest BCUT2D eigenvalue weighted by molar-refractivity contribution is 4.82. The maximum Gasteiger partial charge on any atom is 0.156 e. The Morgan fingerprint density at radius 1 is 1.33 bits per heavy atom. The van der Waals surface area contributed by atoms with E-state index in [0.29, 0.717) is 6.04 Å². The summed E-state index contributed by atoms with van der Waals surface area (Å²) < 4.78 is 10.2. The molecule has 1 fully saturated rings. The molecular weight excluding hydrogens is 194 g/mol. The number of ether oxygens (including phenoxy) is 2. The van der Waals surface area contributed by atoms with Crippen LogP contribution in [0.1, 0.15) is 32.1 Å². The molecule has 0 heterocycles. The zero-order valence-corrected chi connectivity index (χ0v) is 9.74. The number of methoxy groups -OCH3 is 2. The summed E-state index contributed by atoms with van der Waals surface area (Å²) >= 11 is 0. The Balaban J connectivity index is 2.01. The first kappa shape index (κ1) is 12.9. The van der Waals surface area contributed by atoms with Gasteiger partial charge in [0.1, 0.15) is 0 Å². The fourth-order valence-electron chi connectivity index (χ4n) is 2.07. The van der Waals surface area contributed by atoms with Crippen molar-refractivity contribution in [2.75, 3.05) is 20.8 Å². The van der Waals surface area contributed by atoms with Gasteiger partial charge in [0.2, 0.25) is 0 Å². The van der Waals surface area contributed by atoms with Crippen LogP contribution >= 0.6 is 0 Å². The average molecular weight is 217 g/mol. The second-order valence-electron chi connectivity index (χ2n) is 4.10. The maximum absolute atomic E-state index is 9.58. The summed E-state index contributed by atoms with van der Waals surface area (Å²) in [6.45, 7) is 0.922. The molecule has 15 heavy (non-hydrogen) atoms. The van der Waals surface area contributed by atoms with Gasteiger partial charge in [0.15, 0.2) is 6.29 Å². The number of aliphatic hydroxyl groups excluding tert-OH is 1. The van der Waals surface area contributed by atoms with Gasteiger partial charge < -0.3 is 19.9 Å². The summed E-state index contributed by atoms with van der Waals surface area (Å²) in [5, 5.41) is 13.0. The van der Waals surface area contributed by atoms with Gasteiger partial charge in [-0.2, -0.15) is 0 Å². The molecule has 0 aliphatic heterocycles. The molecule has 2 atom stereocenters. The highest BCUT2D eigenvalue weighted by atomic mass is 16.7. The predicted molar refractivity (Wildman–Crippen MR) is 58.7 cm³/mol. The van der Waals surface area contributed by atoms with E-state index in [1.165, 1.54) is 0 Å². The number of nitrogens with one attached hydrogen (secondary N) is 1. The minimum atomic E-state index is -0.148. The molecule has 90 valence electrons. The fraction of sp³-hybridized carbons (Fsp3) is 1.00. The molecule has 4 nitrogen and oxygen atoms in total. The van der Waals surface area contributed by atoms with Crippen LogP contribution in [-0.2, 0) is 9.47 Å². The maximum atomic E-state index is 9.58. The van der Waals surface area contributed by atoms with Crippen molar-refractivity contribution in [3.8, 4) is 0 Å². The van der Waals surface area contributed by atoms with E-state index >= 15 is 0 Å². The van der Waals surface area contributed by atoms with E-state index in [2.05, 4.69) is 5.32 Å². The monoisotopic (exact) mass is 217 g/mol. The van der Waals surface area contributed by atoms with E-state index in [1.807, 2.05) is 0 Å². The molecule has 1 aliphatic rings. The van der Waals surface area contributed by atoms with Crippen molar-refractivity contribution in [2.45, 2.75) is 50.5 Å². The molecule has 1 rings (SSSR count). The quantitative estimate of drug-likeness (QED) is 0.491. The van der Waals surface area contributed by atoms with Crippen LogP contribution in [0, 0.1) is 0 Å². The lowest BCUT2D eigenvalue weighted by molar-refractivity contribution is -0.106. The SMILES string of the molecule is COC(CCCN[C@@H]1CCC[C@H]1O)OC. The topological polar surface area (TPSA) is 50.7 Å². The molecule has 1 aliphatic carbocycles. The minimum absolute atomic E-state index is 0.0969. The summed E-state index contributed by atoms with van der Waals surface area (Å²) in [5.74, 6) is 0. The van der Waals surface area contributed by atoms with E-state index < -0.39 is 0 Å². The van der Waals surface area contributed by atoms with Crippen molar-refractivity contribution in [1.29, 1.82) is 0 Å². The van der Waals surface area contributed by atoms with Crippen LogP contribution in [0.25, 0.3) is 0 Å². The molecule has 0 unspecified atom stereocenters. The lowest BCUT2D eigenvalue weighted by Crippen LogP contribution is -2.36. The number of rotatable bonds is 7. The van der Waals surface area contributed by atoms with Crippen LogP contribution in [0.2, 0.25) is 0 Å². The molecule has 0 aromatic carbocycles. The normalized spacial score (nSPS) is 26.4. The number of aliphatic hydroxyl groups is 1. The summed E-state index contributed by atoms with van der Waals surface area (Å²) in [4.78, 5) is 0. The molecule has 0 spiro atoms. The highest BCUT2D eigenvalue weighted by Gasteiger charge is 2.23. The first-order valence-corrected chi connectivity index (χ1v) is 5.75. The van der Waals surface area contributed by atoms with Crippen molar-refractivity contribution in [3.63, 3.8) is 0 Å². The molecule has 2 N–H and O–H groups in total. The van der Waals surface area contributed by atoms with Crippen LogP contribution in [0.4, 0.5) is 0 Å². The van der Waals surface area contributed by atoms with E-state index in [-0.39, 0.29) is 12.4 Å². The Kier molecular flexibility index (Phi) is 6.17. The third-order valence-electron chi connectivity index (χ3n) is 3.03. The predicted octanol–water partition coefficient (Wildman–Crippen LogP) is 0.888. The van der Waals surface area contributed by atoms with Crippen LogP contribution < -0.4 is 5.32 Å². The van der Waals surface area contributed by atoms with Gasteiger partial charge in [-0.05, 0) is 38.6 Å². The lowest BCUT2D eigenvalue weighted by Gasteiger charge is -2.17. The zero-order chi connectivity index (χ0) is 11.1. The van der Waals surface area contributed by atoms with Gasteiger partial charge in [0.25, 0.3) is 0 Å². The zero-order valence-electron chi connectivity index (χ0n) is 9.74. The third-order valence-corrected chi connectivity index (χ3v) is 3.03. The molecular formula is C11H23NO3. The van der Waals surface area contributed by atoms with Crippen LogP contribution in [0.15, 0.2) is 0 Å². The standard InChI is InChI=1S/C11H23NO3/c1-14-11(15-2)7-4-8-12-9-5-3-6-10(9)13/h9-13H,3-8H2,1-2H3/t9-,10-/m1/s1. The second kappa shape index (κ2) is 7.17. The van der Waals surface area contributed by atoms with Gasteiger partial charge in [0, 0.05) is 20.3 Å². The van der Waals surface area contributed by atoms with E-state index in [1.54, 1.807) is 14.2 Å². The van der Waals surface area contributed by atoms with Crippen LogP contribution in [-0.4, -0.2) is 44.3 Å². The fourth-order valence-corrected chi connectivity index (χ4v) is 2.07. The Bertz CT molecular complexity index is 162. The summed E-state index contributed by atoms with van der Waals surface area (Å²) in [5.41, 5.74) is 0. The Morgan fingerprint density at radius 3 is 2.60 bits per heavy atom. The summed E-state index contributed by atoms with van der Waals surface area (Å²) in [6, 6.07) is 0.300. The smallest absolute Gasteiger partial charge is 0.156 e. The average Bonchev–Trinajstić information content (AvgIpc) is 2.65. The van der Waals surface area contributed by atoms with Gasteiger partial charge in [-0.3, -0.25) is 0 Å². The van der Waals surface area contributed by atoms with Crippen LogP contribution in [0.3, 0.4) is 0 Å². The molecule has 1 saturated carbocycles. The van der Waals surface area contributed by atoms with Gasteiger partial charge in [-0.25, -0.2) is 0 Å². The molecule has 0 saturated heterocycles. The Hall–Kier alpha value is -0.160. The molecule has 4 heteroatoms. The summed E-state index contributed by atoms with van der Waals surface area (Å²) in [6.07, 6.45) is 4.83. The minimum Gasteiger partial charge on any atom is -0.392 e. The summed E-state index contributed by atoms with van der Waals surface area (Å²) in [7, 11) is 3.31. The van der Waals surface area contributed by atoms with Crippen LogP contribution in [0.5, 0.6) is 0 Å². The Labute approximate surface area is 92.0 Å². The number of hydrogen-bond donors (Lipinski definition) is 2. The lowest BCUT2D eigenvalue weighted by atomic mass is 10.2.